The second-order valence-corrected chi connectivity index (χ2v) is 4.48. The number of imidazole rings is 1. The quantitative estimate of drug-likeness (QED) is 0.898. The Kier molecular flexibility index (Phi) is 3.07. The highest BCUT2D eigenvalue weighted by Crippen LogP contribution is 2.19. The summed E-state index contributed by atoms with van der Waals surface area (Å²) in [5.74, 6) is 0.991. The Bertz CT molecular complexity index is 464. The van der Waals surface area contributed by atoms with Gasteiger partial charge in [0.05, 0.1) is 17.1 Å². The zero-order valence-corrected chi connectivity index (χ0v) is 10.4. The first-order valence-corrected chi connectivity index (χ1v) is 5.88. The van der Waals surface area contributed by atoms with E-state index in [1.165, 1.54) is 0 Å². The molecule has 4 heteroatoms. The zero-order valence-electron chi connectivity index (χ0n) is 8.84. The number of fused-ring (bicyclic) bond motifs is 1. The van der Waals surface area contributed by atoms with Gasteiger partial charge in [0.25, 0.3) is 0 Å². The molecule has 0 aliphatic carbocycles. The molecule has 0 bridgehead atoms. The predicted molar refractivity (Wildman–Crippen MR) is 65.9 cm³/mol. The molecule has 0 saturated carbocycles. The summed E-state index contributed by atoms with van der Waals surface area (Å²) in [6.45, 7) is 5.15. The van der Waals surface area contributed by atoms with Crippen LogP contribution in [0.1, 0.15) is 25.7 Å². The number of benzene rings is 1. The minimum absolute atomic E-state index is 0.265. The fraction of sp³-hybridized carbons (Fsp3) is 0.364. The molecule has 1 unspecified atom stereocenters. The minimum atomic E-state index is 0.265. The molecular formula is C11H14BrN3. The number of aromatic amines is 1. The average molecular weight is 268 g/mol. The highest BCUT2D eigenvalue weighted by Gasteiger charge is 2.09. The normalized spacial score (nSPS) is 13.3. The van der Waals surface area contributed by atoms with Gasteiger partial charge in [0, 0.05) is 4.47 Å². The number of halogens is 1. The molecule has 1 atom stereocenters. The van der Waals surface area contributed by atoms with Crippen LogP contribution in [0.2, 0.25) is 0 Å². The Hall–Kier alpha value is -0.870. The van der Waals surface area contributed by atoms with E-state index >= 15 is 0 Å². The standard InChI is InChI=1S/C11H14BrN3/c1-3-13-7(2)11-14-9-5-4-8(12)6-10(9)15-11/h4-7,13H,3H2,1-2H3,(H,14,15). The van der Waals surface area contributed by atoms with Gasteiger partial charge in [0.15, 0.2) is 0 Å². The van der Waals surface area contributed by atoms with Gasteiger partial charge < -0.3 is 10.3 Å². The first kappa shape index (κ1) is 10.6. The summed E-state index contributed by atoms with van der Waals surface area (Å²) < 4.78 is 1.07. The van der Waals surface area contributed by atoms with Crippen molar-refractivity contribution in [1.82, 2.24) is 15.3 Å². The smallest absolute Gasteiger partial charge is 0.124 e. The van der Waals surface area contributed by atoms with Gasteiger partial charge in [0.2, 0.25) is 0 Å². The molecule has 0 fully saturated rings. The molecule has 3 nitrogen and oxygen atoms in total. The van der Waals surface area contributed by atoms with Crippen LogP contribution in [-0.4, -0.2) is 16.5 Å². The second kappa shape index (κ2) is 4.33. The van der Waals surface area contributed by atoms with E-state index in [2.05, 4.69) is 45.1 Å². The van der Waals surface area contributed by atoms with E-state index in [4.69, 9.17) is 0 Å². The average Bonchev–Trinajstić information content (AvgIpc) is 2.60. The molecule has 1 aromatic carbocycles. The van der Waals surface area contributed by atoms with Crippen molar-refractivity contribution in [3.8, 4) is 0 Å². The summed E-state index contributed by atoms with van der Waals surface area (Å²) in [5.41, 5.74) is 2.09. The summed E-state index contributed by atoms with van der Waals surface area (Å²) >= 11 is 3.45. The topological polar surface area (TPSA) is 40.7 Å². The summed E-state index contributed by atoms with van der Waals surface area (Å²) in [5, 5.41) is 3.33. The maximum atomic E-state index is 4.53. The van der Waals surface area contributed by atoms with Crippen LogP contribution < -0.4 is 5.32 Å². The van der Waals surface area contributed by atoms with Crippen LogP contribution in [0.15, 0.2) is 22.7 Å². The van der Waals surface area contributed by atoms with Gasteiger partial charge in [-0.05, 0) is 31.7 Å². The number of nitrogens with one attached hydrogen (secondary N) is 2. The van der Waals surface area contributed by atoms with Gasteiger partial charge >= 0.3 is 0 Å². The Labute approximate surface area is 97.4 Å². The van der Waals surface area contributed by atoms with Crippen LogP contribution in [0.4, 0.5) is 0 Å². The Morgan fingerprint density at radius 1 is 1.53 bits per heavy atom. The lowest BCUT2D eigenvalue weighted by molar-refractivity contribution is 0.573. The lowest BCUT2D eigenvalue weighted by atomic mass is 10.3. The van der Waals surface area contributed by atoms with E-state index in [1.54, 1.807) is 0 Å². The number of H-pyrrole nitrogens is 1. The van der Waals surface area contributed by atoms with Gasteiger partial charge in [-0.2, -0.15) is 0 Å². The first-order valence-electron chi connectivity index (χ1n) is 5.09. The number of nitrogens with zero attached hydrogens (tertiary/aromatic N) is 1. The molecule has 0 radical (unpaired) electrons. The van der Waals surface area contributed by atoms with Crippen LogP contribution >= 0.6 is 15.9 Å². The SMILES string of the molecule is CCNC(C)c1nc2ccc(Br)cc2[nH]1. The van der Waals surface area contributed by atoms with Crippen molar-refractivity contribution in [3.63, 3.8) is 0 Å². The lowest BCUT2D eigenvalue weighted by Crippen LogP contribution is -2.18. The van der Waals surface area contributed by atoms with E-state index in [9.17, 15) is 0 Å². The molecule has 2 aromatic rings. The molecule has 0 aliphatic rings. The fourth-order valence-corrected chi connectivity index (χ4v) is 1.97. The van der Waals surface area contributed by atoms with Gasteiger partial charge in [-0.3, -0.25) is 0 Å². The summed E-state index contributed by atoms with van der Waals surface area (Å²) in [6, 6.07) is 6.33. The highest BCUT2D eigenvalue weighted by atomic mass is 79.9. The van der Waals surface area contributed by atoms with Crippen molar-refractivity contribution in [3.05, 3.63) is 28.5 Å². The van der Waals surface area contributed by atoms with Crippen LogP contribution in [0.3, 0.4) is 0 Å². The van der Waals surface area contributed by atoms with Gasteiger partial charge in [-0.1, -0.05) is 22.9 Å². The largest absolute Gasteiger partial charge is 0.341 e. The molecular weight excluding hydrogens is 254 g/mol. The van der Waals surface area contributed by atoms with Crippen molar-refractivity contribution >= 4 is 27.0 Å². The first-order chi connectivity index (χ1) is 7.20. The molecule has 80 valence electrons. The fourth-order valence-electron chi connectivity index (χ4n) is 1.61. The van der Waals surface area contributed by atoms with E-state index < -0.39 is 0 Å². The molecule has 2 N–H and O–H groups in total. The van der Waals surface area contributed by atoms with Crippen molar-refractivity contribution in [1.29, 1.82) is 0 Å². The number of aromatic nitrogens is 2. The van der Waals surface area contributed by atoms with E-state index in [-0.39, 0.29) is 6.04 Å². The predicted octanol–water partition coefficient (Wildman–Crippen LogP) is 3.00. The Balaban J connectivity index is 2.38. The van der Waals surface area contributed by atoms with E-state index in [1.807, 2.05) is 18.2 Å². The van der Waals surface area contributed by atoms with Crippen LogP contribution in [0.25, 0.3) is 11.0 Å². The molecule has 0 aliphatic heterocycles. The number of hydrogen-bond donors (Lipinski definition) is 2. The van der Waals surface area contributed by atoms with Gasteiger partial charge in [-0.15, -0.1) is 0 Å². The number of rotatable bonds is 3. The maximum Gasteiger partial charge on any atom is 0.124 e. The Morgan fingerprint density at radius 2 is 2.33 bits per heavy atom. The van der Waals surface area contributed by atoms with E-state index in [0.717, 1.165) is 27.9 Å². The van der Waals surface area contributed by atoms with Crippen molar-refractivity contribution in [2.75, 3.05) is 6.54 Å². The summed E-state index contributed by atoms with van der Waals surface area (Å²) in [6.07, 6.45) is 0. The van der Waals surface area contributed by atoms with Crippen LogP contribution in [0.5, 0.6) is 0 Å². The Morgan fingerprint density at radius 3 is 3.07 bits per heavy atom. The molecule has 1 heterocycles. The third-order valence-electron chi connectivity index (χ3n) is 2.38. The summed E-state index contributed by atoms with van der Waals surface area (Å²) in [4.78, 5) is 7.85. The second-order valence-electron chi connectivity index (χ2n) is 3.56. The third-order valence-corrected chi connectivity index (χ3v) is 2.88. The monoisotopic (exact) mass is 267 g/mol. The third kappa shape index (κ3) is 2.21. The van der Waals surface area contributed by atoms with Crippen molar-refractivity contribution < 1.29 is 0 Å². The van der Waals surface area contributed by atoms with Crippen molar-refractivity contribution in [2.45, 2.75) is 19.9 Å². The molecule has 15 heavy (non-hydrogen) atoms. The molecule has 2 rings (SSSR count). The number of hydrogen-bond acceptors (Lipinski definition) is 2. The van der Waals surface area contributed by atoms with E-state index in [0.29, 0.717) is 0 Å². The summed E-state index contributed by atoms with van der Waals surface area (Å²) in [7, 11) is 0. The molecule has 0 amide bonds. The molecule has 0 spiro atoms. The van der Waals surface area contributed by atoms with Crippen LogP contribution in [0, 0.1) is 0 Å². The van der Waals surface area contributed by atoms with Gasteiger partial charge in [-0.25, -0.2) is 4.98 Å². The zero-order chi connectivity index (χ0) is 10.8. The molecule has 1 aromatic heterocycles. The maximum absolute atomic E-state index is 4.53. The van der Waals surface area contributed by atoms with Crippen LogP contribution in [-0.2, 0) is 0 Å². The molecule has 0 saturated heterocycles. The lowest BCUT2D eigenvalue weighted by Gasteiger charge is -2.07. The van der Waals surface area contributed by atoms with Gasteiger partial charge in [0.1, 0.15) is 5.82 Å². The highest BCUT2D eigenvalue weighted by molar-refractivity contribution is 9.10. The minimum Gasteiger partial charge on any atom is -0.341 e. The van der Waals surface area contributed by atoms with Crippen molar-refractivity contribution in [2.24, 2.45) is 0 Å².